The van der Waals surface area contributed by atoms with E-state index in [0.717, 1.165) is 0 Å². The molecule has 0 spiro atoms. The molecule has 0 saturated carbocycles. The molecular weight excluding hydrogens is 389 g/mol. The molecule has 0 aliphatic heterocycles. The molecule has 0 radical (unpaired) electrons. The number of sulfonamides is 1. The number of hydrogen-bond acceptors (Lipinski definition) is 5. The van der Waals surface area contributed by atoms with Crippen LogP contribution in [0.5, 0.6) is 5.75 Å². The van der Waals surface area contributed by atoms with Gasteiger partial charge in [0.2, 0.25) is 0 Å². The molecule has 0 atom stereocenters. The fraction of sp³-hybridized carbons (Fsp3) is 0.0667. The van der Waals surface area contributed by atoms with Crippen LogP contribution in [0, 0.1) is 0 Å². The predicted octanol–water partition coefficient (Wildman–Crippen LogP) is 2.17. The lowest BCUT2D eigenvalue weighted by molar-refractivity contribution is -0.119. The van der Waals surface area contributed by atoms with E-state index in [1.807, 2.05) is 0 Å². The summed E-state index contributed by atoms with van der Waals surface area (Å²) in [7, 11) is -3.95. The van der Waals surface area contributed by atoms with Crippen LogP contribution in [-0.2, 0) is 14.8 Å². The molecule has 132 valence electrons. The van der Waals surface area contributed by atoms with Crippen LogP contribution in [0.25, 0.3) is 0 Å². The number of primary amides is 1. The highest BCUT2D eigenvalue weighted by molar-refractivity contribution is 7.89. The molecule has 2 rings (SSSR count). The normalized spacial score (nSPS) is 11.4. The lowest BCUT2D eigenvalue weighted by atomic mass is 10.2. The van der Waals surface area contributed by atoms with E-state index in [2.05, 4.69) is 9.93 Å². The fourth-order valence-corrected chi connectivity index (χ4v) is 3.26. The first-order chi connectivity index (χ1) is 11.8. The fourth-order valence-electron chi connectivity index (χ4n) is 1.71. The van der Waals surface area contributed by atoms with Crippen molar-refractivity contribution in [2.75, 3.05) is 6.61 Å². The average Bonchev–Trinajstić information content (AvgIpc) is 2.56. The molecule has 0 saturated heterocycles. The summed E-state index contributed by atoms with van der Waals surface area (Å²) in [5.41, 5.74) is 5.58. The van der Waals surface area contributed by atoms with Gasteiger partial charge in [-0.05, 0) is 48.0 Å². The van der Waals surface area contributed by atoms with Gasteiger partial charge in [0.05, 0.1) is 11.2 Å². The van der Waals surface area contributed by atoms with E-state index >= 15 is 0 Å². The summed E-state index contributed by atoms with van der Waals surface area (Å²) in [5, 5.41) is 3.95. The molecule has 1 amide bonds. The van der Waals surface area contributed by atoms with Crippen molar-refractivity contribution >= 4 is 45.3 Å². The zero-order valence-corrected chi connectivity index (χ0v) is 15.0. The molecule has 2 aromatic rings. The maximum Gasteiger partial charge on any atom is 0.278 e. The van der Waals surface area contributed by atoms with Crippen LogP contribution in [0.2, 0.25) is 10.0 Å². The number of amides is 1. The Balaban J connectivity index is 2.04. The van der Waals surface area contributed by atoms with Crippen molar-refractivity contribution in [3.05, 3.63) is 58.1 Å². The summed E-state index contributed by atoms with van der Waals surface area (Å²) in [6.07, 6.45) is 1.30. The molecule has 2 aromatic carbocycles. The molecule has 10 heteroatoms. The number of halogens is 2. The number of carbonyl (C=O) groups is 1. The van der Waals surface area contributed by atoms with Crippen molar-refractivity contribution in [3.8, 4) is 5.75 Å². The Morgan fingerprint density at radius 2 is 1.88 bits per heavy atom. The number of ether oxygens (including phenoxy) is 1. The van der Waals surface area contributed by atoms with E-state index < -0.39 is 15.9 Å². The molecule has 0 heterocycles. The Hall–Kier alpha value is -2.29. The number of nitrogens with one attached hydrogen (secondary N) is 1. The van der Waals surface area contributed by atoms with Gasteiger partial charge in [0.25, 0.3) is 15.9 Å². The van der Waals surface area contributed by atoms with Gasteiger partial charge in [0.1, 0.15) is 10.6 Å². The van der Waals surface area contributed by atoms with E-state index in [9.17, 15) is 13.2 Å². The van der Waals surface area contributed by atoms with Crippen molar-refractivity contribution in [1.82, 2.24) is 4.83 Å². The summed E-state index contributed by atoms with van der Waals surface area (Å²) in [5.74, 6) is -0.137. The van der Waals surface area contributed by atoms with E-state index in [-0.39, 0.29) is 21.5 Å². The average molecular weight is 402 g/mol. The Labute approximate surface area is 154 Å². The minimum Gasteiger partial charge on any atom is -0.484 e. The molecule has 0 aromatic heterocycles. The first-order valence-electron chi connectivity index (χ1n) is 6.79. The molecule has 0 unspecified atom stereocenters. The van der Waals surface area contributed by atoms with Crippen LogP contribution in [0.3, 0.4) is 0 Å². The lowest BCUT2D eigenvalue weighted by Crippen LogP contribution is -2.20. The van der Waals surface area contributed by atoms with Crippen molar-refractivity contribution in [2.45, 2.75) is 4.90 Å². The molecule has 7 nitrogen and oxygen atoms in total. The van der Waals surface area contributed by atoms with Crippen LogP contribution < -0.4 is 15.3 Å². The second-order valence-corrected chi connectivity index (χ2v) is 7.22. The Kier molecular flexibility index (Phi) is 6.24. The van der Waals surface area contributed by atoms with Gasteiger partial charge in [-0.1, -0.05) is 23.2 Å². The molecule has 0 aliphatic rings. The Morgan fingerprint density at radius 1 is 1.20 bits per heavy atom. The number of benzene rings is 2. The molecule has 25 heavy (non-hydrogen) atoms. The highest BCUT2D eigenvalue weighted by Gasteiger charge is 2.17. The predicted molar refractivity (Wildman–Crippen MR) is 95.5 cm³/mol. The molecular formula is C15H13Cl2N3O4S. The Bertz CT molecular complexity index is 899. The first-order valence-corrected chi connectivity index (χ1v) is 9.03. The van der Waals surface area contributed by atoms with Crippen LogP contribution >= 0.6 is 23.2 Å². The van der Waals surface area contributed by atoms with Gasteiger partial charge in [-0.3, -0.25) is 4.79 Å². The number of hydrogen-bond donors (Lipinski definition) is 2. The van der Waals surface area contributed by atoms with Crippen molar-refractivity contribution < 1.29 is 17.9 Å². The third-order valence-electron chi connectivity index (χ3n) is 2.83. The number of rotatable bonds is 7. The topological polar surface area (TPSA) is 111 Å². The largest absolute Gasteiger partial charge is 0.484 e. The standard InChI is InChI=1S/C15H13Cl2N3O4S/c16-11-3-6-13(17)14(7-11)25(22,23)20-19-8-10-1-4-12(5-2-10)24-9-15(18)21/h1-8,20H,9H2,(H2,18,21). The summed E-state index contributed by atoms with van der Waals surface area (Å²) < 4.78 is 29.4. The molecule has 0 fully saturated rings. The van der Waals surface area contributed by atoms with Gasteiger partial charge in [-0.15, -0.1) is 0 Å². The summed E-state index contributed by atoms with van der Waals surface area (Å²) in [6.45, 7) is -0.229. The van der Waals surface area contributed by atoms with Crippen LogP contribution in [0.4, 0.5) is 0 Å². The number of nitrogens with two attached hydrogens (primary N) is 1. The minimum absolute atomic E-state index is 0.0306. The minimum atomic E-state index is -3.95. The third-order valence-corrected chi connectivity index (χ3v) is 4.77. The van der Waals surface area contributed by atoms with Crippen LogP contribution in [-0.4, -0.2) is 27.1 Å². The SMILES string of the molecule is NC(=O)COc1ccc(C=NNS(=O)(=O)c2cc(Cl)ccc2Cl)cc1. The summed E-state index contributed by atoms with van der Waals surface area (Å²) in [4.78, 5) is 12.5. The maximum atomic E-state index is 12.2. The molecule has 0 aliphatic carbocycles. The van der Waals surface area contributed by atoms with E-state index in [4.69, 9.17) is 33.7 Å². The second-order valence-electron chi connectivity index (χ2n) is 4.75. The van der Waals surface area contributed by atoms with Crippen molar-refractivity contribution in [2.24, 2.45) is 10.8 Å². The zero-order chi connectivity index (χ0) is 18.4. The van der Waals surface area contributed by atoms with Gasteiger partial charge in [0, 0.05) is 5.02 Å². The molecule has 0 bridgehead atoms. The maximum absolute atomic E-state index is 12.2. The van der Waals surface area contributed by atoms with Crippen LogP contribution in [0.15, 0.2) is 52.5 Å². The molecule has 3 N–H and O–H groups in total. The van der Waals surface area contributed by atoms with Gasteiger partial charge < -0.3 is 10.5 Å². The van der Waals surface area contributed by atoms with E-state index in [1.165, 1.54) is 24.4 Å². The third kappa shape index (κ3) is 5.63. The number of carbonyl (C=O) groups excluding carboxylic acids is 1. The van der Waals surface area contributed by atoms with Gasteiger partial charge in [0.15, 0.2) is 6.61 Å². The quantitative estimate of drug-likeness (QED) is 0.546. The monoisotopic (exact) mass is 401 g/mol. The number of hydrazone groups is 1. The van der Waals surface area contributed by atoms with Gasteiger partial charge in [-0.25, -0.2) is 4.83 Å². The summed E-state index contributed by atoms with van der Waals surface area (Å²) >= 11 is 11.7. The van der Waals surface area contributed by atoms with Crippen LogP contribution in [0.1, 0.15) is 5.56 Å². The van der Waals surface area contributed by atoms with Gasteiger partial charge in [-0.2, -0.15) is 13.5 Å². The first kappa shape index (κ1) is 19.0. The highest BCUT2D eigenvalue weighted by atomic mass is 35.5. The van der Waals surface area contributed by atoms with Crippen molar-refractivity contribution in [1.29, 1.82) is 0 Å². The van der Waals surface area contributed by atoms with E-state index in [0.29, 0.717) is 11.3 Å². The number of nitrogens with zero attached hydrogens (tertiary/aromatic N) is 1. The van der Waals surface area contributed by atoms with Gasteiger partial charge >= 0.3 is 0 Å². The summed E-state index contributed by atoms with van der Waals surface area (Å²) in [6, 6.07) is 10.5. The second kappa shape index (κ2) is 8.19. The Morgan fingerprint density at radius 3 is 2.52 bits per heavy atom. The highest BCUT2D eigenvalue weighted by Crippen LogP contribution is 2.24. The smallest absolute Gasteiger partial charge is 0.278 e. The van der Waals surface area contributed by atoms with Crippen molar-refractivity contribution in [3.63, 3.8) is 0 Å². The lowest BCUT2D eigenvalue weighted by Gasteiger charge is -2.06. The van der Waals surface area contributed by atoms with E-state index in [1.54, 1.807) is 24.3 Å². The zero-order valence-electron chi connectivity index (χ0n) is 12.6.